The fourth-order valence-electron chi connectivity index (χ4n) is 3.07. The van der Waals surface area contributed by atoms with Gasteiger partial charge >= 0.3 is 0 Å². The van der Waals surface area contributed by atoms with Crippen molar-refractivity contribution in [2.75, 3.05) is 0 Å². The van der Waals surface area contributed by atoms with Gasteiger partial charge in [0.2, 0.25) is 4.96 Å². The highest BCUT2D eigenvalue weighted by Crippen LogP contribution is 2.24. The normalized spacial score (nSPS) is 12.1. The molecule has 0 aliphatic rings. The summed E-state index contributed by atoms with van der Waals surface area (Å²) in [6.45, 7) is 2.01. The van der Waals surface area contributed by atoms with Gasteiger partial charge in [-0.05, 0) is 37.3 Å². The zero-order chi connectivity index (χ0) is 20.0. The van der Waals surface area contributed by atoms with Crippen LogP contribution in [0.25, 0.3) is 33.7 Å². The maximum atomic E-state index is 12.8. The molecule has 5 aromatic rings. The van der Waals surface area contributed by atoms with Crippen LogP contribution in [0.5, 0.6) is 0 Å². The van der Waals surface area contributed by atoms with Crippen molar-refractivity contribution in [2.45, 2.75) is 6.92 Å². The molecule has 0 bridgehead atoms. The average molecular weight is 464 g/mol. The summed E-state index contributed by atoms with van der Waals surface area (Å²) in [6.07, 6.45) is 1.73. The smallest absolute Gasteiger partial charge is 0.291 e. The van der Waals surface area contributed by atoms with E-state index in [-0.39, 0.29) is 5.56 Å². The molecule has 0 aliphatic carbocycles. The summed E-state index contributed by atoms with van der Waals surface area (Å²) in [4.78, 5) is 17.8. The van der Waals surface area contributed by atoms with Gasteiger partial charge in [-0.25, -0.2) is 0 Å². The highest BCUT2D eigenvalue weighted by atomic mass is 79.9. The van der Waals surface area contributed by atoms with Gasteiger partial charge in [0.05, 0.1) is 0 Å². The molecule has 5 nitrogen and oxygen atoms in total. The molecular weight excluding hydrogens is 450 g/mol. The number of thiazole rings is 1. The fourth-order valence-corrected chi connectivity index (χ4v) is 4.22. The number of aromatic nitrogens is 3. The molecule has 7 heteroatoms. The number of fused-ring (bicyclic) bond motifs is 1. The molecule has 142 valence electrons. The highest BCUT2D eigenvalue weighted by Gasteiger charge is 2.12. The van der Waals surface area contributed by atoms with Crippen LogP contribution in [-0.4, -0.2) is 14.6 Å². The first-order valence-corrected chi connectivity index (χ1v) is 10.5. The highest BCUT2D eigenvalue weighted by molar-refractivity contribution is 9.10. The average Bonchev–Trinajstić information content (AvgIpc) is 3.41. The third-order valence-electron chi connectivity index (χ3n) is 4.49. The number of hydrogen-bond donors (Lipinski definition) is 0. The Bertz CT molecular complexity index is 1450. The van der Waals surface area contributed by atoms with Crippen LogP contribution in [0.3, 0.4) is 0 Å². The lowest BCUT2D eigenvalue weighted by Crippen LogP contribution is -2.23. The summed E-state index contributed by atoms with van der Waals surface area (Å²) >= 11 is 4.73. The number of benzene rings is 2. The van der Waals surface area contributed by atoms with Crippen LogP contribution in [0, 0.1) is 6.92 Å². The first-order chi connectivity index (χ1) is 14.1. The van der Waals surface area contributed by atoms with E-state index in [1.165, 1.54) is 15.9 Å². The molecule has 0 unspecified atom stereocenters. The quantitative estimate of drug-likeness (QED) is 0.389. The van der Waals surface area contributed by atoms with E-state index in [4.69, 9.17) is 4.42 Å². The zero-order valence-electron chi connectivity index (χ0n) is 15.3. The zero-order valence-corrected chi connectivity index (χ0v) is 17.7. The predicted octanol–water partition coefficient (Wildman–Crippen LogP) is 4.70. The summed E-state index contributed by atoms with van der Waals surface area (Å²) in [6, 6.07) is 19.5. The summed E-state index contributed by atoms with van der Waals surface area (Å²) < 4.78 is 8.79. The van der Waals surface area contributed by atoms with E-state index in [0.717, 1.165) is 26.9 Å². The summed E-state index contributed by atoms with van der Waals surface area (Å²) in [7, 11) is 0. The van der Waals surface area contributed by atoms with Gasteiger partial charge in [0.1, 0.15) is 16.1 Å². The SMILES string of the molecule is Cc1cccc(-c2nc3sc(=Cc4ccc(-c5ccc(Br)cc5)o4)c(=O)n3n2)c1. The van der Waals surface area contributed by atoms with Gasteiger partial charge in [0.15, 0.2) is 5.82 Å². The molecule has 0 saturated heterocycles. The van der Waals surface area contributed by atoms with Gasteiger partial charge in [-0.3, -0.25) is 4.79 Å². The van der Waals surface area contributed by atoms with Crippen LogP contribution in [0.15, 0.2) is 74.3 Å². The molecule has 0 saturated carbocycles. The Morgan fingerprint density at radius 2 is 1.90 bits per heavy atom. The molecule has 0 amide bonds. The molecule has 29 heavy (non-hydrogen) atoms. The first-order valence-electron chi connectivity index (χ1n) is 8.91. The molecule has 2 aromatic carbocycles. The van der Waals surface area contributed by atoms with Gasteiger partial charge in [0.25, 0.3) is 5.56 Å². The van der Waals surface area contributed by atoms with E-state index < -0.39 is 0 Å². The molecular formula is C22H14BrN3O2S. The van der Waals surface area contributed by atoms with Gasteiger partial charge in [-0.15, -0.1) is 5.10 Å². The van der Waals surface area contributed by atoms with Crippen molar-refractivity contribution < 1.29 is 4.42 Å². The van der Waals surface area contributed by atoms with Gasteiger partial charge in [0, 0.05) is 21.7 Å². The Morgan fingerprint density at radius 3 is 2.66 bits per heavy atom. The predicted molar refractivity (Wildman–Crippen MR) is 118 cm³/mol. The van der Waals surface area contributed by atoms with E-state index in [2.05, 4.69) is 26.0 Å². The van der Waals surface area contributed by atoms with Crippen molar-refractivity contribution in [3.63, 3.8) is 0 Å². The van der Waals surface area contributed by atoms with Crippen LogP contribution in [0.4, 0.5) is 0 Å². The van der Waals surface area contributed by atoms with Gasteiger partial charge in [-0.2, -0.15) is 9.50 Å². The van der Waals surface area contributed by atoms with Crippen molar-refractivity contribution in [2.24, 2.45) is 0 Å². The number of furan rings is 1. The standard InChI is InChI=1S/C22H14BrN3O2S/c1-13-3-2-4-15(11-13)20-24-22-26(25-20)21(27)19(29-22)12-17-9-10-18(28-17)14-5-7-16(23)8-6-14/h2-12H,1H3. The lowest BCUT2D eigenvalue weighted by atomic mass is 10.1. The summed E-state index contributed by atoms with van der Waals surface area (Å²) in [5.74, 6) is 1.92. The molecule has 0 atom stereocenters. The maximum Gasteiger partial charge on any atom is 0.291 e. The molecule has 5 rings (SSSR count). The van der Waals surface area contributed by atoms with E-state index in [0.29, 0.717) is 21.1 Å². The molecule has 0 spiro atoms. The number of halogens is 1. The largest absolute Gasteiger partial charge is 0.457 e. The third kappa shape index (κ3) is 3.43. The van der Waals surface area contributed by atoms with Crippen LogP contribution >= 0.6 is 27.3 Å². The number of aryl methyl sites for hydroxylation is 1. The Kier molecular flexibility index (Phi) is 4.41. The van der Waals surface area contributed by atoms with Crippen molar-refractivity contribution in [3.8, 4) is 22.7 Å². The number of rotatable bonds is 3. The summed E-state index contributed by atoms with van der Waals surface area (Å²) in [5, 5.41) is 4.40. The van der Waals surface area contributed by atoms with Crippen LogP contribution in [0.1, 0.15) is 11.3 Å². The van der Waals surface area contributed by atoms with Crippen molar-refractivity contribution >= 4 is 38.3 Å². The molecule has 0 radical (unpaired) electrons. The van der Waals surface area contributed by atoms with E-state index >= 15 is 0 Å². The van der Waals surface area contributed by atoms with E-state index in [9.17, 15) is 4.79 Å². The summed E-state index contributed by atoms with van der Waals surface area (Å²) in [5.41, 5.74) is 2.80. The topological polar surface area (TPSA) is 60.4 Å². The molecule has 3 aromatic heterocycles. The first kappa shape index (κ1) is 18.0. The van der Waals surface area contributed by atoms with Crippen molar-refractivity contribution in [3.05, 3.63) is 91.3 Å². The lowest BCUT2D eigenvalue weighted by Gasteiger charge is -1.96. The van der Waals surface area contributed by atoms with Gasteiger partial charge in [-0.1, -0.05) is 63.2 Å². The molecule has 3 heterocycles. The minimum Gasteiger partial charge on any atom is -0.457 e. The monoisotopic (exact) mass is 463 g/mol. The lowest BCUT2D eigenvalue weighted by molar-refractivity contribution is 0.571. The minimum atomic E-state index is -0.196. The van der Waals surface area contributed by atoms with Crippen LogP contribution in [0.2, 0.25) is 0 Å². The Balaban J connectivity index is 1.52. The second kappa shape index (κ2) is 7.09. The van der Waals surface area contributed by atoms with Crippen molar-refractivity contribution in [1.82, 2.24) is 14.6 Å². The molecule has 0 N–H and O–H groups in total. The van der Waals surface area contributed by atoms with Crippen LogP contribution < -0.4 is 10.1 Å². The van der Waals surface area contributed by atoms with Gasteiger partial charge < -0.3 is 4.42 Å². The second-order valence-corrected chi connectivity index (χ2v) is 8.55. The fraction of sp³-hybridized carbons (Fsp3) is 0.0455. The second-order valence-electron chi connectivity index (χ2n) is 6.62. The minimum absolute atomic E-state index is 0.196. The third-order valence-corrected chi connectivity index (χ3v) is 5.97. The molecule has 0 fully saturated rings. The van der Waals surface area contributed by atoms with Crippen molar-refractivity contribution in [1.29, 1.82) is 0 Å². The number of nitrogens with zero attached hydrogens (tertiary/aromatic N) is 3. The Labute approximate surface area is 178 Å². The maximum absolute atomic E-state index is 12.8. The Morgan fingerprint density at radius 1 is 1.07 bits per heavy atom. The molecule has 0 aliphatic heterocycles. The van der Waals surface area contributed by atoms with E-state index in [1.807, 2.05) is 67.6 Å². The number of hydrogen-bond acceptors (Lipinski definition) is 5. The van der Waals surface area contributed by atoms with Crippen LogP contribution in [-0.2, 0) is 0 Å². The Hall–Kier alpha value is -3.03. The van der Waals surface area contributed by atoms with E-state index in [1.54, 1.807) is 6.08 Å².